The molecule has 2 aromatic carbocycles. The number of aromatic hydroxyl groups is 1. The van der Waals surface area contributed by atoms with E-state index >= 15 is 0 Å². The number of carbonyl (C=O) groups is 1. The van der Waals surface area contributed by atoms with Crippen LogP contribution in [0, 0.1) is 0 Å². The number of phenols is 1. The van der Waals surface area contributed by atoms with Crippen molar-refractivity contribution in [3.8, 4) is 34.3 Å². The van der Waals surface area contributed by atoms with Gasteiger partial charge in [-0.1, -0.05) is 0 Å². The average molecular weight is 466 g/mol. The van der Waals surface area contributed by atoms with Crippen molar-refractivity contribution in [1.29, 1.82) is 0 Å². The van der Waals surface area contributed by atoms with Gasteiger partial charge in [-0.05, 0) is 45.3 Å². The number of benzene rings is 2. The molecular weight excluding hydrogens is 438 g/mol. The first-order chi connectivity index (χ1) is 14.9. The van der Waals surface area contributed by atoms with Gasteiger partial charge in [0, 0.05) is 23.1 Å². The molecule has 3 aromatic rings. The molecule has 174 valence electrons. The third-order valence-electron chi connectivity index (χ3n) is 4.82. The average Bonchev–Trinajstić information content (AvgIpc) is 3.14. The zero-order valence-corrected chi connectivity index (χ0v) is 19.8. The van der Waals surface area contributed by atoms with Crippen LogP contribution in [0.4, 0.5) is 0 Å². The minimum atomic E-state index is -0.546. The first kappa shape index (κ1) is 25.2. The molecule has 0 bridgehead atoms. The number of hydrogen-bond donors (Lipinski definition) is 1. The second-order valence-electron chi connectivity index (χ2n) is 7.11. The van der Waals surface area contributed by atoms with E-state index in [0.717, 1.165) is 0 Å². The predicted octanol–water partition coefficient (Wildman–Crippen LogP) is 4.49. The van der Waals surface area contributed by atoms with Crippen LogP contribution in [0.1, 0.15) is 22.8 Å². The Morgan fingerprint density at radius 3 is 2.19 bits per heavy atom. The van der Waals surface area contributed by atoms with Crippen molar-refractivity contribution in [2.45, 2.75) is 13.5 Å². The van der Waals surface area contributed by atoms with Gasteiger partial charge in [0.25, 0.3) is 0 Å². The first-order valence-corrected chi connectivity index (χ1v) is 9.75. The van der Waals surface area contributed by atoms with E-state index in [9.17, 15) is 9.90 Å². The van der Waals surface area contributed by atoms with E-state index in [0.29, 0.717) is 51.6 Å². The molecule has 0 spiro atoms. The van der Waals surface area contributed by atoms with Crippen LogP contribution in [-0.4, -0.2) is 58.0 Å². The molecule has 1 aromatic heterocycles. The highest BCUT2D eigenvalue weighted by molar-refractivity contribution is 6.10. The Kier molecular flexibility index (Phi) is 8.24. The molecule has 9 heteroatoms. The van der Waals surface area contributed by atoms with Crippen LogP contribution in [0.2, 0.25) is 0 Å². The summed E-state index contributed by atoms with van der Waals surface area (Å²) in [6.45, 7) is 2.34. The highest BCUT2D eigenvalue weighted by Gasteiger charge is 2.28. The predicted molar refractivity (Wildman–Crippen MR) is 124 cm³/mol. The minimum Gasteiger partial charge on any atom is -0.508 e. The molecule has 0 aliphatic rings. The number of rotatable bonds is 8. The lowest BCUT2D eigenvalue weighted by molar-refractivity contribution is 0.0528. The van der Waals surface area contributed by atoms with E-state index in [1.807, 2.05) is 19.0 Å². The lowest BCUT2D eigenvalue weighted by Crippen LogP contribution is -2.12. The van der Waals surface area contributed by atoms with E-state index in [4.69, 9.17) is 23.4 Å². The van der Waals surface area contributed by atoms with E-state index in [1.165, 1.54) is 21.3 Å². The fourth-order valence-corrected chi connectivity index (χ4v) is 3.54. The Hall–Kier alpha value is -3.10. The van der Waals surface area contributed by atoms with E-state index in [2.05, 4.69) is 0 Å². The van der Waals surface area contributed by atoms with Crippen LogP contribution in [0.25, 0.3) is 22.3 Å². The Balaban J connectivity index is 0.00000363. The van der Waals surface area contributed by atoms with Crippen LogP contribution in [0.3, 0.4) is 0 Å². The highest BCUT2D eigenvalue weighted by Crippen LogP contribution is 2.45. The maximum absolute atomic E-state index is 13.0. The maximum Gasteiger partial charge on any atom is 0.342 e. The summed E-state index contributed by atoms with van der Waals surface area (Å²) in [4.78, 5) is 14.9. The Morgan fingerprint density at radius 2 is 1.69 bits per heavy atom. The van der Waals surface area contributed by atoms with Gasteiger partial charge in [-0.3, -0.25) is 0 Å². The number of methoxy groups -OCH3 is 3. The van der Waals surface area contributed by atoms with Crippen molar-refractivity contribution >= 4 is 29.3 Å². The summed E-state index contributed by atoms with van der Waals surface area (Å²) in [6, 6.07) is 6.59. The normalized spacial score (nSPS) is 10.7. The number of carbonyl (C=O) groups excluding carboxylic acids is 1. The van der Waals surface area contributed by atoms with Crippen LogP contribution >= 0.6 is 12.4 Å². The number of nitrogens with zero attached hydrogens (tertiary/aromatic N) is 1. The molecule has 32 heavy (non-hydrogen) atoms. The molecule has 0 saturated heterocycles. The van der Waals surface area contributed by atoms with Crippen LogP contribution in [0.15, 0.2) is 28.7 Å². The smallest absolute Gasteiger partial charge is 0.342 e. The number of esters is 1. The van der Waals surface area contributed by atoms with Crippen molar-refractivity contribution < 1.29 is 33.3 Å². The molecule has 0 unspecified atom stereocenters. The molecule has 0 aliphatic carbocycles. The molecule has 0 atom stereocenters. The fraction of sp³-hybridized carbons (Fsp3) is 0.348. The summed E-state index contributed by atoms with van der Waals surface area (Å²) in [7, 11) is 8.30. The van der Waals surface area contributed by atoms with Gasteiger partial charge in [0.05, 0.1) is 27.9 Å². The van der Waals surface area contributed by atoms with Gasteiger partial charge in [0.15, 0.2) is 11.5 Å². The SMILES string of the molecule is CCOC(=O)c1c(-c2cc(OC)c(OC)c(OC)c2)oc2ccc(O)c(CN(C)C)c12.Cl. The topological polar surface area (TPSA) is 90.6 Å². The molecule has 0 fully saturated rings. The quantitative estimate of drug-likeness (QED) is 0.486. The number of furan rings is 1. The summed E-state index contributed by atoms with van der Waals surface area (Å²) in [5.41, 5.74) is 1.82. The summed E-state index contributed by atoms with van der Waals surface area (Å²) in [5.74, 6) is 1.08. The summed E-state index contributed by atoms with van der Waals surface area (Å²) >= 11 is 0. The molecule has 1 N–H and O–H groups in total. The van der Waals surface area contributed by atoms with Gasteiger partial charge in [-0.15, -0.1) is 12.4 Å². The molecule has 8 nitrogen and oxygen atoms in total. The standard InChI is InChI=1S/C23H27NO7.ClH/c1-7-30-23(26)20-19-14(12-24(2)3)15(25)8-9-16(19)31-21(20)13-10-17(27-4)22(29-6)18(11-13)28-5;/h8-11,25H,7,12H2,1-6H3;1H. The Morgan fingerprint density at radius 1 is 1.06 bits per heavy atom. The number of ether oxygens (including phenoxy) is 4. The zero-order valence-electron chi connectivity index (χ0n) is 19.0. The number of fused-ring (bicyclic) bond motifs is 1. The van der Waals surface area contributed by atoms with Crippen molar-refractivity contribution in [1.82, 2.24) is 4.90 Å². The van der Waals surface area contributed by atoms with Crippen molar-refractivity contribution in [2.75, 3.05) is 42.0 Å². The second kappa shape index (κ2) is 10.5. The number of halogens is 1. The zero-order chi connectivity index (χ0) is 22.7. The van der Waals surface area contributed by atoms with E-state index in [-0.39, 0.29) is 30.3 Å². The van der Waals surface area contributed by atoms with Gasteiger partial charge >= 0.3 is 5.97 Å². The van der Waals surface area contributed by atoms with Gasteiger partial charge < -0.3 is 33.4 Å². The van der Waals surface area contributed by atoms with Crippen LogP contribution < -0.4 is 14.2 Å². The number of phenolic OH excluding ortho intramolecular Hbond substituents is 1. The minimum absolute atomic E-state index is 0. The molecule has 0 saturated carbocycles. The van der Waals surface area contributed by atoms with Gasteiger partial charge in [-0.2, -0.15) is 0 Å². The van der Waals surface area contributed by atoms with Gasteiger partial charge in [-0.25, -0.2) is 4.79 Å². The van der Waals surface area contributed by atoms with Crippen molar-refractivity contribution in [3.05, 3.63) is 35.4 Å². The monoisotopic (exact) mass is 465 g/mol. The lowest BCUT2D eigenvalue weighted by atomic mass is 10.00. The van der Waals surface area contributed by atoms with Crippen LogP contribution in [-0.2, 0) is 11.3 Å². The van der Waals surface area contributed by atoms with Gasteiger partial charge in [0.2, 0.25) is 5.75 Å². The Bertz CT molecular complexity index is 1080. The Labute approximate surface area is 193 Å². The summed E-state index contributed by atoms with van der Waals surface area (Å²) in [5, 5.41) is 11.0. The van der Waals surface area contributed by atoms with Crippen molar-refractivity contribution in [3.63, 3.8) is 0 Å². The van der Waals surface area contributed by atoms with Gasteiger partial charge in [0.1, 0.15) is 22.7 Å². The molecule has 1 heterocycles. The largest absolute Gasteiger partial charge is 0.508 e. The lowest BCUT2D eigenvalue weighted by Gasteiger charge is -2.14. The van der Waals surface area contributed by atoms with Crippen molar-refractivity contribution in [2.24, 2.45) is 0 Å². The summed E-state index contributed by atoms with van der Waals surface area (Å²) in [6.07, 6.45) is 0. The molecule has 0 amide bonds. The maximum atomic E-state index is 13.0. The molecular formula is C23H28ClNO7. The van der Waals surface area contributed by atoms with E-state index in [1.54, 1.807) is 31.2 Å². The third kappa shape index (κ3) is 4.56. The fourth-order valence-electron chi connectivity index (χ4n) is 3.54. The molecule has 0 aliphatic heterocycles. The highest BCUT2D eigenvalue weighted by atomic mass is 35.5. The number of hydrogen-bond acceptors (Lipinski definition) is 8. The van der Waals surface area contributed by atoms with E-state index < -0.39 is 5.97 Å². The first-order valence-electron chi connectivity index (χ1n) is 9.75. The van der Waals surface area contributed by atoms with Crippen LogP contribution in [0.5, 0.6) is 23.0 Å². The second-order valence-corrected chi connectivity index (χ2v) is 7.11. The molecule has 3 rings (SSSR count). The third-order valence-corrected chi connectivity index (χ3v) is 4.82. The molecule has 0 radical (unpaired) electrons. The summed E-state index contributed by atoms with van der Waals surface area (Å²) < 4.78 is 27.7.